The molecule has 0 fully saturated rings. The predicted molar refractivity (Wildman–Crippen MR) is 139 cm³/mol. The Morgan fingerprint density at radius 1 is 0.375 bits per heavy atom. The molecule has 0 atom stereocenters. The number of unbranched alkanes of at least 4 members (excludes halogenated alkanes) is 21. The Morgan fingerprint density at radius 3 is 0.875 bits per heavy atom. The van der Waals surface area contributed by atoms with Gasteiger partial charge in [-0.05, 0) is 25.7 Å². The summed E-state index contributed by atoms with van der Waals surface area (Å²) < 4.78 is 0. The minimum Gasteiger partial charge on any atom is -0.396 e. The molecule has 0 spiro atoms. The van der Waals surface area contributed by atoms with Crippen molar-refractivity contribution in [2.45, 2.75) is 167 Å². The second kappa shape index (κ2) is 33.0. The lowest BCUT2D eigenvalue weighted by Crippen LogP contribution is -2.02. The Kier molecular flexibility index (Phi) is 35.1. The van der Waals surface area contributed by atoms with Gasteiger partial charge in [-0.25, -0.2) is 0 Å². The van der Waals surface area contributed by atoms with Gasteiger partial charge < -0.3 is 20.4 Å². The summed E-state index contributed by atoms with van der Waals surface area (Å²) in [5, 5.41) is 34.5. The molecule has 0 unspecified atom stereocenters. The Hall–Kier alpha value is -0.160. The van der Waals surface area contributed by atoms with E-state index in [0.717, 1.165) is 25.7 Å². The lowest BCUT2D eigenvalue weighted by molar-refractivity contribution is -0.0466. The SMILES string of the molecule is CCCCCCCCCCCCCC(O)O.OCCCCCCCCCCCCCCO. The van der Waals surface area contributed by atoms with E-state index in [4.69, 9.17) is 20.4 Å². The van der Waals surface area contributed by atoms with E-state index in [1.54, 1.807) is 0 Å². The molecule has 0 aromatic carbocycles. The molecule has 4 N–H and O–H groups in total. The van der Waals surface area contributed by atoms with E-state index in [9.17, 15) is 0 Å². The van der Waals surface area contributed by atoms with Gasteiger partial charge in [0.15, 0.2) is 6.29 Å². The molecular formula is C28H60O4. The Morgan fingerprint density at radius 2 is 0.625 bits per heavy atom. The third kappa shape index (κ3) is 37.2. The highest BCUT2D eigenvalue weighted by molar-refractivity contribution is 4.50. The molecule has 0 bridgehead atoms. The van der Waals surface area contributed by atoms with Crippen molar-refractivity contribution in [2.75, 3.05) is 13.2 Å². The highest BCUT2D eigenvalue weighted by Gasteiger charge is 1.97. The quantitative estimate of drug-likeness (QED) is 0.0833. The fourth-order valence-electron chi connectivity index (χ4n) is 3.98. The summed E-state index contributed by atoms with van der Waals surface area (Å²) in [6.07, 6.45) is 28.8. The number of rotatable bonds is 25. The summed E-state index contributed by atoms with van der Waals surface area (Å²) in [5.74, 6) is 0. The van der Waals surface area contributed by atoms with Gasteiger partial charge in [0.1, 0.15) is 0 Å². The fraction of sp³-hybridized carbons (Fsp3) is 1.00. The second-order valence-corrected chi connectivity index (χ2v) is 9.49. The van der Waals surface area contributed by atoms with Crippen molar-refractivity contribution in [3.05, 3.63) is 0 Å². The lowest BCUT2D eigenvalue weighted by atomic mass is 10.1. The van der Waals surface area contributed by atoms with E-state index in [1.165, 1.54) is 122 Å². The average Bonchev–Trinajstić information content (AvgIpc) is 2.78. The van der Waals surface area contributed by atoms with Crippen LogP contribution in [0, 0.1) is 0 Å². The molecule has 0 aliphatic heterocycles. The smallest absolute Gasteiger partial charge is 0.151 e. The van der Waals surface area contributed by atoms with Gasteiger partial charge in [-0.2, -0.15) is 0 Å². The molecule has 32 heavy (non-hydrogen) atoms. The van der Waals surface area contributed by atoms with Crippen LogP contribution >= 0.6 is 0 Å². The van der Waals surface area contributed by atoms with Gasteiger partial charge in [0, 0.05) is 13.2 Å². The van der Waals surface area contributed by atoms with Gasteiger partial charge in [0.05, 0.1) is 0 Å². The minimum atomic E-state index is -1.10. The zero-order valence-electron chi connectivity index (χ0n) is 21.8. The van der Waals surface area contributed by atoms with Crippen LogP contribution in [0.25, 0.3) is 0 Å². The van der Waals surface area contributed by atoms with Crippen LogP contribution in [0.15, 0.2) is 0 Å². The van der Waals surface area contributed by atoms with Crippen LogP contribution in [-0.4, -0.2) is 39.9 Å². The van der Waals surface area contributed by atoms with Crippen LogP contribution in [0.2, 0.25) is 0 Å². The maximum absolute atomic E-state index is 8.65. The summed E-state index contributed by atoms with van der Waals surface area (Å²) >= 11 is 0. The molecule has 0 saturated carbocycles. The summed E-state index contributed by atoms with van der Waals surface area (Å²) in [6.45, 7) is 2.96. The molecule has 0 heterocycles. The van der Waals surface area contributed by atoms with E-state index in [0.29, 0.717) is 19.6 Å². The minimum absolute atomic E-state index is 0.355. The summed E-state index contributed by atoms with van der Waals surface area (Å²) in [5.41, 5.74) is 0. The molecule has 4 heteroatoms. The van der Waals surface area contributed by atoms with Crippen molar-refractivity contribution >= 4 is 0 Å². The maximum atomic E-state index is 8.65. The van der Waals surface area contributed by atoms with Gasteiger partial charge in [0.2, 0.25) is 0 Å². The first-order chi connectivity index (χ1) is 15.7. The molecule has 196 valence electrons. The van der Waals surface area contributed by atoms with Crippen molar-refractivity contribution in [3.8, 4) is 0 Å². The first-order valence-electron chi connectivity index (χ1n) is 14.3. The largest absolute Gasteiger partial charge is 0.396 e. The maximum Gasteiger partial charge on any atom is 0.151 e. The standard InChI is InChI=1S/2C14H30O2/c1-2-3-4-5-6-7-8-9-10-11-12-13-14(15)16;15-13-11-9-7-5-3-1-2-4-6-8-10-12-14-16/h14-16H,2-13H2,1H3;15-16H,1-14H2. The predicted octanol–water partition coefficient (Wildman–Crippen LogP) is 7.65. The zero-order valence-corrected chi connectivity index (χ0v) is 21.8. The third-order valence-electron chi connectivity index (χ3n) is 6.13. The number of aliphatic hydroxyl groups excluding tert-OH is 3. The van der Waals surface area contributed by atoms with Crippen LogP contribution in [0.3, 0.4) is 0 Å². The van der Waals surface area contributed by atoms with Gasteiger partial charge in [0.25, 0.3) is 0 Å². The normalized spacial score (nSPS) is 11.1. The van der Waals surface area contributed by atoms with Crippen LogP contribution < -0.4 is 0 Å². The summed E-state index contributed by atoms with van der Waals surface area (Å²) in [4.78, 5) is 0. The van der Waals surface area contributed by atoms with Crippen molar-refractivity contribution < 1.29 is 20.4 Å². The number of hydrogen-bond acceptors (Lipinski definition) is 4. The first-order valence-corrected chi connectivity index (χ1v) is 14.3. The van der Waals surface area contributed by atoms with Crippen molar-refractivity contribution in [1.29, 1.82) is 0 Å². The molecule has 0 amide bonds. The van der Waals surface area contributed by atoms with Crippen molar-refractivity contribution in [3.63, 3.8) is 0 Å². The van der Waals surface area contributed by atoms with Gasteiger partial charge >= 0.3 is 0 Å². The molecule has 4 nitrogen and oxygen atoms in total. The molecule has 0 radical (unpaired) electrons. The fourth-order valence-corrected chi connectivity index (χ4v) is 3.98. The van der Waals surface area contributed by atoms with E-state index in [2.05, 4.69) is 6.92 Å². The molecule has 0 aliphatic rings. The Balaban J connectivity index is 0. The van der Waals surface area contributed by atoms with Crippen LogP contribution in [0.1, 0.15) is 161 Å². The Labute approximate surface area is 201 Å². The molecule has 0 rings (SSSR count). The average molecular weight is 461 g/mol. The lowest BCUT2D eigenvalue weighted by Gasteiger charge is -2.03. The van der Waals surface area contributed by atoms with Crippen LogP contribution in [0.5, 0.6) is 0 Å². The van der Waals surface area contributed by atoms with Gasteiger partial charge in [-0.1, -0.05) is 135 Å². The van der Waals surface area contributed by atoms with Crippen LogP contribution in [0.4, 0.5) is 0 Å². The van der Waals surface area contributed by atoms with Crippen molar-refractivity contribution in [1.82, 2.24) is 0 Å². The molecule has 0 saturated heterocycles. The Bertz CT molecular complexity index is 283. The molecular weight excluding hydrogens is 400 g/mol. The molecule has 0 aromatic heterocycles. The van der Waals surface area contributed by atoms with E-state index in [-0.39, 0.29) is 0 Å². The zero-order chi connectivity index (χ0) is 24.0. The monoisotopic (exact) mass is 460 g/mol. The number of aliphatic hydroxyl groups is 4. The van der Waals surface area contributed by atoms with Gasteiger partial charge in [-0.3, -0.25) is 0 Å². The summed E-state index contributed by atoms with van der Waals surface area (Å²) in [7, 11) is 0. The van der Waals surface area contributed by atoms with E-state index in [1.807, 2.05) is 0 Å². The second-order valence-electron chi connectivity index (χ2n) is 9.49. The van der Waals surface area contributed by atoms with E-state index < -0.39 is 6.29 Å². The summed E-state index contributed by atoms with van der Waals surface area (Å²) in [6, 6.07) is 0. The third-order valence-corrected chi connectivity index (χ3v) is 6.13. The highest BCUT2D eigenvalue weighted by atomic mass is 16.5. The molecule has 0 aromatic rings. The van der Waals surface area contributed by atoms with Gasteiger partial charge in [-0.15, -0.1) is 0 Å². The van der Waals surface area contributed by atoms with E-state index >= 15 is 0 Å². The highest BCUT2D eigenvalue weighted by Crippen LogP contribution is 2.13. The molecule has 0 aliphatic carbocycles. The van der Waals surface area contributed by atoms with Crippen LogP contribution in [-0.2, 0) is 0 Å². The number of hydrogen-bond donors (Lipinski definition) is 4. The first kappa shape index (κ1) is 34.0. The van der Waals surface area contributed by atoms with Crippen molar-refractivity contribution in [2.24, 2.45) is 0 Å². The topological polar surface area (TPSA) is 80.9 Å².